The molecule has 0 atom stereocenters. The van der Waals surface area contributed by atoms with Gasteiger partial charge in [0.2, 0.25) is 0 Å². The van der Waals surface area contributed by atoms with Gasteiger partial charge >= 0.3 is 12.2 Å². The summed E-state index contributed by atoms with van der Waals surface area (Å²) in [5.41, 5.74) is -0.630. The highest BCUT2D eigenvalue weighted by Gasteiger charge is 2.28. The van der Waals surface area contributed by atoms with Gasteiger partial charge in [0, 0.05) is 0 Å². The molecule has 0 spiro atoms. The molecule has 1 aromatic rings. The van der Waals surface area contributed by atoms with E-state index in [0.717, 1.165) is 10.6 Å². The fourth-order valence-electron chi connectivity index (χ4n) is 1.55. The Bertz CT molecular complexity index is 528. The van der Waals surface area contributed by atoms with Crippen LogP contribution in [0.25, 0.3) is 0 Å². The first-order chi connectivity index (χ1) is 10.5. The number of carbonyl (C=O) groups is 2. The molecule has 0 aliphatic rings. The molecule has 0 aliphatic heterocycles. The molecule has 0 bridgehead atoms. The summed E-state index contributed by atoms with van der Waals surface area (Å²) in [4.78, 5) is 29.1. The molecule has 0 saturated heterocycles. The van der Waals surface area contributed by atoms with E-state index in [0.29, 0.717) is 0 Å². The molecule has 0 N–H and O–H groups in total. The number of hydrogen-bond acceptors (Lipinski definition) is 5. The van der Waals surface area contributed by atoms with Crippen LogP contribution >= 0.6 is 0 Å². The molecule has 6 nitrogen and oxygen atoms in total. The van der Waals surface area contributed by atoms with E-state index < -0.39 is 23.5 Å². The number of hydroxylamine groups is 2. The first kappa shape index (κ1) is 18.8. The van der Waals surface area contributed by atoms with Crippen LogP contribution in [0.5, 0.6) is 0 Å². The predicted octanol–water partition coefficient (Wildman–Crippen LogP) is 4.29. The summed E-state index contributed by atoms with van der Waals surface area (Å²) in [5, 5.41) is 0.856. The number of hydrogen-bond donors (Lipinski definition) is 0. The number of amides is 1. The van der Waals surface area contributed by atoms with Crippen LogP contribution in [0.4, 0.5) is 9.59 Å². The molecule has 0 heterocycles. The summed E-state index contributed by atoms with van der Waals surface area (Å²) in [7, 11) is 0. The molecule has 1 rings (SSSR count). The van der Waals surface area contributed by atoms with Crippen LogP contribution in [0.1, 0.15) is 47.1 Å². The minimum Gasteiger partial charge on any atom is -0.442 e. The molecule has 0 fully saturated rings. The average molecular weight is 323 g/mol. The minimum atomic E-state index is -0.959. The zero-order valence-electron chi connectivity index (χ0n) is 14.6. The smallest absolute Gasteiger partial charge is 0.442 e. The van der Waals surface area contributed by atoms with Crippen molar-refractivity contribution in [1.82, 2.24) is 5.06 Å². The molecule has 0 aromatic heterocycles. The Hall–Kier alpha value is -2.24. The third-order valence-electron chi connectivity index (χ3n) is 2.34. The van der Waals surface area contributed by atoms with Gasteiger partial charge < -0.3 is 9.47 Å². The van der Waals surface area contributed by atoms with Gasteiger partial charge in [-0.25, -0.2) is 9.59 Å². The van der Waals surface area contributed by atoms with Crippen molar-refractivity contribution in [3.63, 3.8) is 0 Å². The molecular formula is C17H25NO5. The van der Waals surface area contributed by atoms with Crippen molar-refractivity contribution >= 4 is 12.2 Å². The summed E-state index contributed by atoms with van der Waals surface area (Å²) >= 11 is 0. The predicted molar refractivity (Wildman–Crippen MR) is 85.5 cm³/mol. The van der Waals surface area contributed by atoms with E-state index in [4.69, 9.17) is 14.3 Å². The van der Waals surface area contributed by atoms with Crippen molar-refractivity contribution in [3.05, 3.63) is 35.9 Å². The van der Waals surface area contributed by atoms with E-state index in [2.05, 4.69) is 0 Å². The lowest BCUT2D eigenvalue weighted by Crippen LogP contribution is -2.39. The second kappa shape index (κ2) is 7.35. The van der Waals surface area contributed by atoms with E-state index in [1.807, 2.05) is 30.3 Å². The van der Waals surface area contributed by atoms with E-state index in [1.165, 1.54) is 0 Å². The molecule has 6 heteroatoms. The average Bonchev–Trinajstić information content (AvgIpc) is 2.34. The fourth-order valence-corrected chi connectivity index (χ4v) is 1.55. The van der Waals surface area contributed by atoms with Gasteiger partial charge in [0.1, 0.15) is 11.2 Å². The molecular weight excluding hydrogens is 298 g/mol. The van der Waals surface area contributed by atoms with Crippen LogP contribution in [-0.2, 0) is 20.9 Å². The molecule has 0 unspecified atom stereocenters. The highest BCUT2D eigenvalue weighted by molar-refractivity contribution is 5.70. The maximum absolute atomic E-state index is 12.2. The van der Waals surface area contributed by atoms with Gasteiger partial charge in [0.15, 0.2) is 0 Å². The minimum absolute atomic E-state index is 0.0645. The molecule has 1 aromatic carbocycles. The monoisotopic (exact) mass is 323 g/mol. The Morgan fingerprint density at radius 2 is 1.43 bits per heavy atom. The largest absolute Gasteiger partial charge is 0.534 e. The van der Waals surface area contributed by atoms with Crippen LogP contribution in [0, 0.1) is 0 Å². The second-order valence-corrected chi connectivity index (χ2v) is 7.06. The lowest BCUT2D eigenvalue weighted by atomic mass is 10.2. The highest BCUT2D eigenvalue weighted by atomic mass is 16.8. The zero-order chi connectivity index (χ0) is 17.7. The Kier molecular flexibility index (Phi) is 6.01. The standard InChI is InChI=1S/C17H25NO5/c1-16(2,3)21-14(19)18(12-13-10-8-7-9-11-13)23-15(20)22-17(4,5)6/h7-11H,12H2,1-6H3. The summed E-state index contributed by atoms with van der Waals surface area (Å²) in [6.07, 6.45) is -1.72. The van der Waals surface area contributed by atoms with Crippen molar-refractivity contribution in [2.24, 2.45) is 0 Å². The fraction of sp³-hybridized carbons (Fsp3) is 0.529. The van der Waals surface area contributed by atoms with Gasteiger partial charge in [0.05, 0.1) is 6.54 Å². The molecule has 0 radical (unpaired) electrons. The topological polar surface area (TPSA) is 65.1 Å². The number of nitrogens with zero attached hydrogens (tertiary/aromatic N) is 1. The molecule has 1 amide bonds. The van der Waals surface area contributed by atoms with Gasteiger partial charge in [-0.3, -0.25) is 4.84 Å². The number of benzene rings is 1. The summed E-state index contributed by atoms with van der Waals surface area (Å²) in [6.45, 7) is 10.4. The van der Waals surface area contributed by atoms with Crippen molar-refractivity contribution in [2.45, 2.75) is 59.3 Å². The Labute approximate surface area is 137 Å². The maximum Gasteiger partial charge on any atom is 0.534 e. The third kappa shape index (κ3) is 8.09. The van der Waals surface area contributed by atoms with Crippen molar-refractivity contribution in [1.29, 1.82) is 0 Å². The lowest BCUT2D eigenvalue weighted by Gasteiger charge is -2.27. The molecule has 0 aliphatic carbocycles. The highest BCUT2D eigenvalue weighted by Crippen LogP contribution is 2.15. The second-order valence-electron chi connectivity index (χ2n) is 7.06. The normalized spacial score (nSPS) is 11.6. The van der Waals surface area contributed by atoms with Gasteiger partial charge in [-0.2, -0.15) is 0 Å². The van der Waals surface area contributed by atoms with Gasteiger partial charge in [-0.15, -0.1) is 5.06 Å². The van der Waals surface area contributed by atoms with Gasteiger partial charge in [-0.05, 0) is 47.1 Å². The molecule has 23 heavy (non-hydrogen) atoms. The van der Waals surface area contributed by atoms with Crippen LogP contribution < -0.4 is 0 Å². The van der Waals surface area contributed by atoms with Crippen LogP contribution in [0.15, 0.2) is 30.3 Å². The number of ether oxygens (including phenoxy) is 2. The Morgan fingerprint density at radius 3 is 1.91 bits per heavy atom. The summed E-state index contributed by atoms with van der Waals surface area (Å²) < 4.78 is 10.3. The van der Waals surface area contributed by atoms with Crippen molar-refractivity contribution < 1.29 is 23.9 Å². The van der Waals surface area contributed by atoms with Crippen LogP contribution in [0.3, 0.4) is 0 Å². The Balaban J connectivity index is 2.83. The summed E-state index contributed by atoms with van der Waals surface area (Å²) in [5.74, 6) is 0. The van der Waals surface area contributed by atoms with Crippen LogP contribution in [0.2, 0.25) is 0 Å². The molecule has 128 valence electrons. The van der Waals surface area contributed by atoms with Gasteiger partial charge in [0.25, 0.3) is 0 Å². The van der Waals surface area contributed by atoms with E-state index >= 15 is 0 Å². The first-order valence-electron chi connectivity index (χ1n) is 7.42. The van der Waals surface area contributed by atoms with Gasteiger partial charge in [-0.1, -0.05) is 30.3 Å². The SMILES string of the molecule is CC(C)(C)OC(=O)ON(Cc1ccccc1)C(=O)OC(C)(C)C. The van der Waals surface area contributed by atoms with Crippen molar-refractivity contribution in [3.8, 4) is 0 Å². The lowest BCUT2D eigenvalue weighted by molar-refractivity contribution is -0.140. The van der Waals surface area contributed by atoms with E-state index in [9.17, 15) is 9.59 Å². The van der Waals surface area contributed by atoms with Crippen molar-refractivity contribution in [2.75, 3.05) is 0 Å². The maximum atomic E-state index is 12.2. The Morgan fingerprint density at radius 1 is 0.913 bits per heavy atom. The number of rotatable bonds is 2. The number of carbonyl (C=O) groups excluding carboxylic acids is 2. The third-order valence-corrected chi connectivity index (χ3v) is 2.34. The van der Waals surface area contributed by atoms with E-state index in [1.54, 1.807) is 41.5 Å². The molecule has 0 saturated carbocycles. The quantitative estimate of drug-likeness (QED) is 0.600. The summed E-state index contributed by atoms with van der Waals surface area (Å²) in [6, 6.07) is 9.15. The first-order valence-corrected chi connectivity index (χ1v) is 7.42. The zero-order valence-corrected chi connectivity index (χ0v) is 14.6. The van der Waals surface area contributed by atoms with Crippen LogP contribution in [-0.4, -0.2) is 28.5 Å². The van der Waals surface area contributed by atoms with E-state index in [-0.39, 0.29) is 6.54 Å².